The topological polar surface area (TPSA) is 43.4 Å². The molecule has 0 atom stereocenters. The summed E-state index contributed by atoms with van der Waals surface area (Å²) in [6.45, 7) is 2.12. The molecular weight excluding hydrogens is 264 g/mol. The highest BCUT2D eigenvalue weighted by molar-refractivity contribution is 5.97. The van der Waals surface area contributed by atoms with Crippen LogP contribution in [-0.2, 0) is 6.42 Å². The van der Waals surface area contributed by atoms with Gasteiger partial charge in [-0.2, -0.15) is 0 Å². The fourth-order valence-corrected chi connectivity index (χ4v) is 2.02. The first kappa shape index (κ1) is 15.0. The standard InChI is InChI=1S/C18H18O3/c1-2-3-14-4-8-16(9-5-14)18(20)13-21-17-10-6-15(12-19)7-11-17/h4-12H,2-3,13H2,1H3. The van der Waals surface area contributed by atoms with Crippen molar-refractivity contribution in [2.75, 3.05) is 6.61 Å². The van der Waals surface area contributed by atoms with Crippen LogP contribution in [0.2, 0.25) is 0 Å². The van der Waals surface area contributed by atoms with Crippen LogP contribution in [0.25, 0.3) is 0 Å². The molecule has 2 aromatic carbocycles. The number of aryl methyl sites for hydroxylation is 1. The minimum Gasteiger partial charge on any atom is -0.485 e. The zero-order valence-corrected chi connectivity index (χ0v) is 12.0. The van der Waals surface area contributed by atoms with E-state index in [4.69, 9.17) is 4.74 Å². The van der Waals surface area contributed by atoms with Gasteiger partial charge in [-0.25, -0.2) is 0 Å². The molecule has 0 radical (unpaired) electrons. The highest BCUT2D eigenvalue weighted by atomic mass is 16.5. The van der Waals surface area contributed by atoms with Crippen molar-refractivity contribution in [1.29, 1.82) is 0 Å². The van der Waals surface area contributed by atoms with Crippen molar-refractivity contribution in [2.45, 2.75) is 19.8 Å². The Hall–Kier alpha value is -2.42. The van der Waals surface area contributed by atoms with Gasteiger partial charge in [-0.15, -0.1) is 0 Å². The molecule has 0 aromatic heterocycles. The maximum Gasteiger partial charge on any atom is 0.200 e. The van der Waals surface area contributed by atoms with Crippen molar-refractivity contribution in [3.05, 3.63) is 65.2 Å². The van der Waals surface area contributed by atoms with E-state index in [1.807, 2.05) is 24.3 Å². The zero-order chi connectivity index (χ0) is 15.1. The average molecular weight is 282 g/mol. The predicted molar refractivity (Wildman–Crippen MR) is 82.1 cm³/mol. The Bertz CT molecular complexity index is 597. The summed E-state index contributed by atoms with van der Waals surface area (Å²) in [6, 6.07) is 14.3. The van der Waals surface area contributed by atoms with Crippen LogP contribution in [0.15, 0.2) is 48.5 Å². The van der Waals surface area contributed by atoms with Gasteiger partial charge in [-0.05, 0) is 36.2 Å². The van der Waals surface area contributed by atoms with Crippen LogP contribution in [0.1, 0.15) is 39.6 Å². The van der Waals surface area contributed by atoms with Gasteiger partial charge in [0.05, 0.1) is 0 Å². The minimum atomic E-state index is -0.0579. The fourth-order valence-electron chi connectivity index (χ4n) is 2.02. The fraction of sp³-hybridized carbons (Fsp3) is 0.222. The summed E-state index contributed by atoms with van der Waals surface area (Å²) in [6.07, 6.45) is 2.88. The van der Waals surface area contributed by atoms with Crippen molar-refractivity contribution in [2.24, 2.45) is 0 Å². The third-order valence-corrected chi connectivity index (χ3v) is 3.20. The number of carbonyl (C=O) groups is 2. The molecule has 0 amide bonds. The number of carbonyl (C=O) groups excluding carboxylic acids is 2. The summed E-state index contributed by atoms with van der Waals surface area (Å²) in [7, 11) is 0. The lowest BCUT2D eigenvalue weighted by Gasteiger charge is -2.06. The van der Waals surface area contributed by atoms with Crippen LogP contribution in [-0.4, -0.2) is 18.7 Å². The molecule has 0 aliphatic carbocycles. The Balaban J connectivity index is 1.92. The van der Waals surface area contributed by atoms with Gasteiger partial charge in [-0.3, -0.25) is 9.59 Å². The van der Waals surface area contributed by atoms with E-state index in [9.17, 15) is 9.59 Å². The lowest BCUT2D eigenvalue weighted by Crippen LogP contribution is -2.11. The molecule has 0 heterocycles. The van der Waals surface area contributed by atoms with E-state index in [2.05, 4.69) is 6.92 Å². The Morgan fingerprint density at radius 3 is 2.29 bits per heavy atom. The number of rotatable bonds is 7. The van der Waals surface area contributed by atoms with E-state index in [-0.39, 0.29) is 12.4 Å². The molecule has 3 heteroatoms. The summed E-state index contributed by atoms with van der Waals surface area (Å²) in [4.78, 5) is 22.6. The van der Waals surface area contributed by atoms with Gasteiger partial charge in [0.2, 0.25) is 0 Å². The number of aldehydes is 1. The van der Waals surface area contributed by atoms with Gasteiger partial charge in [0.1, 0.15) is 12.0 Å². The van der Waals surface area contributed by atoms with Gasteiger partial charge in [0.25, 0.3) is 0 Å². The summed E-state index contributed by atoms with van der Waals surface area (Å²) in [5.74, 6) is 0.522. The largest absolute Gasteiger partial charge is 0.485 e. The second kappa shape index (κ2) is 7.39. The number of hydrogen-bond donors (Lipinski definition) is 0. The normalized spacial score (nSPS) is 10.1. The molecule has 0 unspecified atom stereocenters. The highest BCUT2D eigenvalue weighted by Crippen LogP contribution is 2.12. The van der Waals surface area contributed by atoms with Crippen LogP contribution < -0.4 is 4.74 Å². The van der Waals surface area contributed by atoms with Gasteiger partial charge in [0.15, 0.2) is 12.4 Å². The Morgan fingerprint density at radius 1 is 1.05 bits per heavy atom. The van der Waals surface area contributed by atoms with E-state index in [0.717, 1.165) is 19.1 Å². The summed E-state index contributed by atoms with van der Waals surface area (Å²) < 4.78 is 5.43. The van der Waals surface area contributed by atoms with E-state index in [0.29, 0.717) is 16.9 Å². The summed E-state index contributed by atoms with van der Waals surface area (Å²) >= 11 is 0. The quantitative estimate of drug-likeness (QED) is 0.574. The van der Waals surface area contributed by atoms with Crippen LogP contribution in [0.3, 0.4) is 0 Å². The molecule has 108 valence electrons. The van der Waals surface area contributed by atoms with Crippen molar-refractivity contribution in [1.82, 2.24) is 0 Å². The molecule has 0 aliphatic rings. The van der Waals surface area contributed by atoms with Crippen molar-refractivity contribution in [3.8, 4) is 5.75 Å². The van der Waals surface area contributed by atoms with Gasteiger partial charge in [-0.1, -0.05) is 37.6 Å². The maximum absolute atomic E-state index is 12.0. The summed E-state index contributed by atoms with van der Waals surface area (Å²) in [5, 5.41) is 0. The van der Waals surface area contributed by atoms with Crippen molar-refractivity contribution < 1.29 is 14.3 Å². The SMILES string of the molecule is CCCc1ccc(C(=O)COc2ccc(C=O)cc2)cc1. The second-order valence-electron chi connectivity index (χ2n) is 4.85. The Morgan fingerprint density at radius 2 is 1.71 bits per heavy atom. The molecule has 2 aromatic rings. The molecule has 0 N–H and O–H groups in total. The number of hydrogen-bond acceptors (Lipinski definition) is 3. The molecule has 21 heavy (non-hydrogen) atoms. The second-order valence-corrected chi connectivity index (χ2v) is 4.85. The molecule has 0 saturated carbocycles. The number of Topliss-reactive ketones (excluding diaryl/α,β-unsaturated/α-hetero) is 1. The molecule has 0 bridgehead atoms. The van der Waals surface area contributed by atoms with E-state index >= 15 is 0 Å². The number of ketones is 1. The number of benzene rings is 2. The van der Waals surface area contributed by atoms with Gasteiger partial charge >= 0.3 is 0 Å². The van der Waals surface area contributed by atoms with Crippen molar-refractivity contribution in [3.63, 3.8) is 0 Å². The lowest BCUT2D eigenvalue weighted by atomic mass is 10.1. The molecule has 0 spiro atoms. The first-order valence-corrected chi connectivity index (χ1v) is 7.03. The predicted octanol–water partition coefficient (Wildman–Crippen LogP) is 3.71. The minimum absolute atomic E-state index is 0.00639. The molecular formula is C18H18O3. The monoisotopic (exact) mass is 282 g/mol. The Labute approximate surface area is 124 Å². The average Bonchev–Trinajstić information content (AvgIpc) is 2.54. The first-order chi connectivity index (χ1) is 10.2. The van der Waals surface area contributed by atoms with E-state index in [1.165, 1.54) is 5.56 Å². The third kappa shape index (κ3) is 4.28. The van der Waals surface area contributed by atoms with Crippen LogP contribution >= 0.6 is 0 Å². The van der Waals surface area contributed by atoms with Crippen LogP contribution in [0.5, 0.6) is 5.75 Å². The third-order valence-electron chi connectivity index (χ3n) is 3.20. The highest BCUT2D eigenvalue weighted by Gasteiger charge is 2.07. The van der Waals surface area contributed by atoms with Crippen molar-refractivity contribution >= 4 is 12.1 Å². The molecule has 0 aliphatic heterocycles. The molecule has 3 nitrogen and oxygen atoms in total. The van der Waals surface area contributed by atoms with Crippen LogP contribution in [0, 0.1) is 0 Å². The molecule has 0 fully saturated rings. The summed E-state index contributed by atoms with van der Waals surface area (Å²) in [5.41, 5.74) is 2.47. The lowest BCUT2D eigenvalue weighted by molar-refractivity contribution is 0.0921. The van der Waals surface area contributed by atoms with E-state index < -0.39 is 0 Å². The van der Waals surface area contributed by atoms with E-state index in [1.54, 1.807) is 24.3 Å². The Kier molecular flexibility index (Phi) is 5.27. The molecule has 2 rings (SSSR count). The number of ether oxygens (including phenoxy) is 1. The molecule has 0 saturated heterocycles. The van der Waals surface area contributed by atoms with Crippen LogP contribution in [0.4, 0.5) is 0 Å². The maximum atomic E-state index is 12.0. The first-order valence-electron chi connectivity index (χ1n) is 7.03. The zero-order valence-electron chi connectivity index (χ0n) is 12.0. The smallest absolute Gasteiger partial charge is 0.200 e. The van der Waals surface area contributed by atoms with Gasteiger partial charge in [0, 0.05) is 11.1 Å². The van der Waals surface area contributed by atoms with Gasteiger partial charge < -0.3 is 4.74 Å².